The zero-order chi connectivity index (χ0) is 20.4. The number of anilines is 1. The molecule has 1 fully saturated rings. The van der Waals surface area contributed by atoms with Crippen LogP contribution in [0.15, 0.2) is 16.7 Å². The first-order chi connectivity index (χ1) is 13.4. The fraction of sp³-hybridized carbons (Fsp3) is 0.333. The number of nitrogens with zero attached hydrogens (tertiary/aromatic N) is 2. The molecule has 1 saturated heterocycles. The highest BCUT2D eigenvalue weighted by Crippen LogP contribution is 2.40. The number of thioether (sulfide) groups is 2. The molecule has 2 atom stereocenters. The first-order valence-electron chi connectivity index (χ1n) is 7.78. The van der Waals surface area contributed by atoms with Crippen molar-refractivity contribution < 1.29 is 29.1 Å². The maximum absolute atomic E-state index is 12.5. The quantitative estimate of drug-likeness (QED) is 0.219. The third kappa shape index (κ3) is 3.64. The molecule has 0 saturated carbocycles. The smallest absolute Gasteiger partial charge is 0.352 e. The normalized spacial score (nSPS) is 20.9. The number of hydrogen-bond donors (Lipinski definition) is 3. The molecule has 10 nitrogen and oxygen atoms in total. The lowest BCUT2D eigenvalue weighted by molar-refractivity contribution is -0.150. The largest absolute Gasteiger partial charge is 0.477 e. The SMILES string of the molecule is CSCC1=C(C(=O)O)N2C(=O)C(NC(=O)C(=O)c3csc(NC=O)n3)[C@H]2SC1. The van der Waals surface area contributed by atoms with E-state index in [0.29, 0.717) is 23.5 Å². The molecule has 3 heterocycles. The van der Waals surface area contributed by atoms with Crippen LogP contribution in [0.5, 0.6) is 0 Å². The molecule has 2 aliphatic rings. The van der Waals surface area contributed by atoms with Gasteiger partial charge in [-0.15, -0.1) is 23.1 Å². The summed E-state index contributed by atoms with van der Waals surface area (Å²) in [5.41, 5.74) is 0.442. The fourth-order valence-corrected chi connectivity index (χ4v) is 5.50. The number of amides is 3. The number of carbonyl (C=O) groups is 5. The van der Waals surface area contributed by atoms with E-state index in [1.54, 1.807) is 0 Å². The van der Waals surface area contributed by atoms with Gasteiger partial charge in [0, 0.05) is 16.9 Å². The summed E-state index contributed by atoms with van der Waals surface area (Å²) in [7, 11) is 0. The van der Waals surface area contributed by atoms with Crippen LogP contribution < -0.4 is 10.6 Å². The van der Waals surface area contributed by atoms with E-state index in [1.165, 1.54) is 28.9 Å². The zero-order valence-corrected chi connectivity index (χ0v) is 16.8. The first-order valence-corrected chi connectivity index (χ1v) is 11.1. The van der Waals surface area contributed by atoms with E-state index in [-0.39, 0.29) is 16.5 Å². The maximum Gasteiger partial charge on any atom is 0.352 e. The van der Waals surface area contributed by atoms with Crippen molar-refractivity contribution >= 4 is 70.0 Å². The van der Waals surface area contributed by atoms with Gasteiger partial charge in [-0.05, 0) is 11.8 Å². The molecule has 1 aromatic heterocycles. The highest BCUT2D eigenvalue weighted by molar-refractivity contribution is 8.00. The first kappa shape index (κ1) is 20.4. The Bertz CT molecular complexity index is 898. The Hall–Kier alpha value is -2.38. The summed E-state index contributed by atoms with van der Waals surface area (Å²) in [6.45, 7) is 0. The average molecular weight is 443 g/mol. The monoisotopic (exact) mass is 442 g/mol. The topological polar surface area (TPSA) is 146 Å². The molecule has 0 aromatic carbocycles. The summed E-state index contributed by atoms with van der Waals surface area (Å²) in [5.74, 6) is -2.82. The number of ketones is 1. The molecule has 0 bridgehead atoms. The number of aromatic nitrogens is 1. The van der Waals surface area contributed by atoms with Gasteiger partial charge in [0.25, 0.3) is 17.6 Å². The number of hydrogen-bond acceptors (Lipinski definition) is 9. The molecule has 3 rings (SSSR count). The number of rotatable bonds is 8. The van der Waals surface area contributed by atoms with Crippen molar-refractivity contribution in [3.8, 4) is 0 Å². The Morgan fingerprint density at radius 3 is 2.86 bits per heavy atom. The lowest BCUT2D eigenvalue weighted by atomic mass is 10.0. The van der Waals surface area contributed by atoms with E-state index in [9.17, 15) is 29.1 Å². The minimum Gasteiger partial charge on any atom is -0.477 e. The summed E-state index contributed by atoms with van der Waals surface area (Å²) < 4.78 is 0. The van der Waals surface area contributed by atoms with Gasteiger partial charge in [0.2, 0.25) is 6.41 Å². The van der Waals surface area contributed by atoms with Crippen molar-refractivity contribution in [2.75, 3.05) is 23.1 Å². The van der Waals surface area contributed by atoms with E-state index in [2.05, 4.69) is 15.6 Å². The second-order valence-corrected chi connectivity index (χ2v) is 8.51. The number of Topliss-reactive ketones (excluding diaryl/α,β-unsaturated/α-hetero) is 1. The van der Waals surface area contributed by atoms with Crippen LogP contribution in [0.1, 0.15) is 10.5 Å². The van der Waals surface area contributed by atoms with Gasteiger partial charge in [0.15, 0.2) is 5.13 Å². The van der Waals surface area contributed by atoms with Gasteiger partial charge in [0.05, 0.1) is 0 Å². The Morgan fingerprint density at radius 2 is 2.21 bits per heavy atom. The highest BCUT2D eigenvalue weighted by atomic mass is 32.2. The number of carboxylic acids is 1. The van der Waals surface area contributed by atoms with Crippen LogP contribution >= 0.6 is 34.9 Å². The minimum absolute atomic E-state index is 0.0518. The standard InChI is InChI=1S/C15H14N4O6S3/c1-26-2-6-3-27-13-8(12(23)19(13)9(6)14(24)25)18-11(22)10(21)7-4-28-15(17-7)16-5-20/h4-5,8,13H,2-3H2,1H3,(H,18,22)(H,24,25)(H,16,17,20)/t8?,13-/m1/s1. The zero-order valence-electron chi connectivity index (χ0n) is 14.3. The predicted octanol–water partition coefficient (Wildman–Crippen LogP) is -0.00430. The van der Waals surface area contributed by atoms with Crippen molar-refractivity contribution in [3.63, 3.8) is 0 Å². The molecule has 28 heavy (non-hydrogen) atoms. The molecule has 2 aliphatic heterocycles. The van der Waals surface area contributed by atoms with E-state index in [1.807, 2.05) is 6.26 Å². The highest BCUT2D eigenvalue weighted by Gasteiger charge is 2.54. The third-order valence-electron chi connectivity index (χ3n) is 3.98. The molecule has 1 unspecified atom stereocenters. The lowest BCUT2D eigenvalue weighted by Gasteiger charge is -2.49. The van der Waals surface area contributed by atoms with Gasteiger partial charge < -0.3 is 15.7 Å². The van der Waals surface area contributed by atoms with E-state index >= 15 is 0 Å². The fourth-order valence-electron chi connectivity index (χ4n) is 2.79. The molecule has 13 heteroatoms. The molecular weight excluding hydrogens is 428 g/mol. The van der Waals surface area contributed by atoms with E-state index < -0.39 is 35.0 Å². The van der Waals surface area contributed by atoms with Crippen molar-refractivity contribution in [1.29, 1.82) is 0 Å². The van der Waals surface area contributed by atoms with Gasteiger partial charge in [-0.3, -0.25) is 24.1 Å². The number of thiazole rings is 1. The number of β-lactam (4-membered cyclic amide) rings is 1. The molecule has 148 valence electrons. The Morgan fingerprint density at radius 1 is 1.46 bits per heavy atom. The van der Waals surface area contributed by atoms with Crippen LogP contribution in [-0.2, 0) is 19.2 Å². The van der Waals surface area contributed by atoms with Crippen LogP contribution in [0.25, 0.3) is 0 Å². The summed E-state index contributed by atoms with van der Waals surface area (Å²) in [5, 5.41) is 15.0. The predicted molar refractivity (Wildman–Crippen MR) is 104 cm³/mol. The number of nitrogens with one attached hydrogen (secondary N) is 2. The number of carboxylic acid groups (broad SMARTS) is 1. The number of carbonyl (C=O) groups excluding carboxylic acids is 4. The van der Waals surface area contributed by atoms with Crippen molar-refractivity contribution in [2.24, 2.45) is 0 Å². The Balaban J connectivity index is 1.70. The van der Waals surface area contributed by atoms with Gasteiger partial charge >= 0.3 is 5.97 Å². The Kier molecular flexibility index (Phi) is 6.05. The third-order valence-corrected chi connectivity index (χ3v) is 6.73. The van der Waals surface area contributed by atoms with Crippen LogP contribution in [-0.4, -0.2) is 74.1 Å². The second kappa shape index (κ2) is 8.32. The number of fused-ring (bicyclic) bond motifs is 1. The van der Waals surface area contributed by atoms with Crippen molar-refractivity contribution in [2.45, 2.75) is 11.4 Å². The van der Waals surface area contributed by atoms with Crippen LogP contribution in [0.4, 0.5) is 5.13 Å². The summed E-state index contributed by atoms with van der Waals surface area (Å²) in [6.07, 6.45) is 2.23. The summed E-state index contributed by atoms with van der Waals surface area (Å²) in [6, 6.07) is -0.988. The maximum atomic E-state index is 12.5. The van der Waals surface area contributed by atoms with E-state index in [0.717, 1.165) is 16.2 Å². The van der Waals surface area contributed by atoms with E-state index in [4.69, 9.17) is 0 Å². The second-order valence-electron chi connectivity index (χ2n) is 5.68. The summed E-state index contributed by atoms with van der Waals surface area (Å²) >= 11 is 3.77. The minimum atomic E-state index is -1.19. The molecule has 3 N–H and O–H groups in total. The van der Waals surface area contributed by atoms with Crippen molar-refractivity contribution in [1.82, 2.24) is 15.2 Å². The molecule has 0 radical (unpaired) electrons. The van der Waals surface area contributed by atoms with Gasteiger partial charge in [-0.2, -0.15) is 11.8 Å². The Labute approximate surface area is 171 Å². The molecule has 0 spiro atoms. The summed E-state index contributed by atoms with van der Waals surface area (Å²) in [4.78, 5) is 63.8. The van der Waals surface area contributed by atoms with Crippen LogP contribution in [0.3, 0.4) is 0 Å². The molecular formula is C15H14N4O6S3. The average Bonchev–Trinajstić information content (AvgIpc) is 3.13. The molecule has 3 amide bonds. The number of aliphatic carboxylic acids is 1. The van der Waals surface area contributed by atoms with Gasteiger partial charge in [-0.1, -0.05) is 0 Å². The molecule has 0 aliphatic carbocycles. The molecule has 1 aromatic rings. The van der Waals surface area contributed by atoms with Crippen molar-refractivity contribution in [3.05, 3.63) is 22.3 Å². The van der Waals surface area contributed by atoms with Gasteiger partial charge in [-0.25, -0.2) is 9.78 Å². The van der Waals surface area contributed by atoms with Gasteiger partial charge in [0.1, 0.15) is 22.8 Å². The lowest BCUT2D eigenvalue weighted by Crippen LogP contribution is -2.71. The van der Waals surface area contributed by atoms with Crippen LogP contribution in [0.2, 0.25) is 0 Å². The van der Waals surface area contributed by atoms with Crippen LogP contribution in [0, 0.1) is 0 Å².